The van der Waals surface area contributed by atoms with Crippen LogP contribution in [0, 0.1) is 0 Å². The molecule has 0 aromatic heterocycles. The van der Waals surface area contributed by atoms with E-state index in [0.717, 1.165) is 37.2 Å². The summed E-state index contributed by atoms with van der Waals surface area (Å²) in [6.45, 7) is 2.22. The first-order valence-corrected chi connectivity index (χ1v) is 10.3. The van der Waals surface area contributed by atoms with Crippen LogP contribution >= 0.6 is 0 Å². The van der Waals surface area contributed by atoms with E-state index >= 15 is 0 Å². The number of hydrogen-bond donors (Lipinski definition) is 2. The Morgan fingerprint density at radius 1 is 0.967 bits per heavy atom. The van der Waals surface area contributed by atoms with Gasteiger partial charge in [0.1, 0.15) is 11.5 Å². The van der Waals surface area contributed by atoms with Crippen molar-refractivity contribution in [1.82, 2.24) is 15.5 Å². The maximum atomic E-state index is 12.3. The summed E-state index contributed by atoms with van der Waals surface area (Å²) >= 11 is 0. The first-order valence-electron chi connectivity index (χ1n) is 10.3. The first-order chi connectivity index (χ1) is 14.7. The fourth-order valence-electron chi connectivity index (χ4n) is 3.60. The van der Waals surface area contributed by atoms with Crippen LogP contribution in [-0.4, -0.2) is 56.6 Å². The Labute approximate surface area is 177 Å². The zero-order chi connectivity index (χ0) is 21.2. The van der Waals surface area contributed by atoms with Gasteiger partial charge in [0.15, 0.2) is 6.61 Å². The number of benzene rings is 2. The smallest absolute Gasteiger partial charge is 0.258 e. The van der Waals surface area contributed by atoms with Gasteiger partial charge in [-0.25, -0.2) is 0 Å². The highest BCUT2D eigenvalue weighted by Gasteiger charge is 2.26. The summed E-state index contributed by atoms with van der Waals surface area (Å²) in [4.78, 5) is 26.6. The van der Waals surface area contributed by atoms with E-state index in [1.807, 2.05) is 42.5 Å². The molecule has 2 aromatic rings. The van der Waals surface area contributed by atoms with Gasteiger partial charge in [0, 0.05) is 12.1 Å². The number of carbonyl (C=O) groups is 2. The van der Waals surface area contributed by atoms with E-state index in [1.165, 1.54) is 0 Å². The second-order valence-corrected chi connectivity index (χ2v) is 7.18. The topological polar surface area (TPSA) is 79.9 Å². The second-order valence-electron chi connectivity index (χ2n) is 7.18. The number of carbonyl (C=O) groups excluding carboxylic acids is 2. The van der Waals surface area contributed by atoms with Crippen molar-refractivity contribution in [3.8, 4) is 11.5 Å². The number of ether oxygens (including phenoxy) is 2. The molecule has 7 nitrogen and oxygen atoms in total. The molecule has 160 valence electrons. The van der Waals surface area contributed by atoms with Crippen molar-refractivity contribution in [2.75, 3.05) is 39.9 Å². The fourth-order valence-corrected chi connectivity index (χ4v) is 3.60. The van der Waals surface area contributed by atoms with Crippen LogP contribution in [0.4, 0.5) is 0 Å². The molecule has 0 radical (unpaired) electrons. The van der Waals surface area contributed by atoms with E-state index < -0.39 is 0 Å². The molecule has 30 heavy (non-hydrogen) atoms. The molecular formula is C23H29N3O4. The number of rotatable bonds is 10. The highest BCUT2D eigenvalue weighted by molar-refractivity contribution is 5.85. The van der Waals surface area contributed by atoms with E-state index in [2.05, 4.69) is 15.5 Å². The summed E-state index contributed by atoms with van der Waals surface area (Å²) in [6, 6.07) is 17.0. The monoisotopic (exact) mass is 411 g/mol. The number of nitrogens with one attached hydrogen (secondary N) is 2. The van der Waals surface area contributed by atoms with Gasteiger partial charge in [-0.05, 0) is 44.1 Å². The molecule has 1 heterocycles. The minimum Gasteiger partial charge on any atom is -0.496 e. The lowest BCUT2D eigenvalue weighted by atomic mass is 10.0. The summed E-state index contributed by atoms with van der Waals surface area (Å²) in [7, 11) is 1.66. The summed E-state index contributed by atoms with van der Waals surface area (Å²) in [5, 5.41) is 5.54. The molecule has 2 amide bonds. The van der Waals surface area contributed by atoms with Gasteiger partial charge in [-0.15, -0.1) is 0 Å². The molecule has 0 bridgehead atoms. The average Bonchev–Trinajstić information content (AvgIpc) is 3.32. The van der Waals surface area contributed by atoms with Gasteiger partial charge in [-0.1, -0.05) is 36.4 Å². The lowest BCUT2D eigenvalue weighted by molar-refractivity contribution is -0.127. The van der Waals surface area contributed by atoms with Gasteiger partial charge in [0.05, 0.1) is 19.7 Å². The van der Waals surface area contributed by atoms with Crippen LogP contribution in [-0.2, 0) is 9.59 Å². The lowest BCUT2D eigenvalue weighted by Gasteiger charge is -2.29. The molecule has 1 aliphatic rings. The van der Waals surface area contributed by atoms with E-state index in [0.29, 0.717) is 12.3 Å². The maximum absolute atomic E-state index is 12.3. The number of methoxy groups -OCH3 is 1. The van der Waals surface area contributed by atoms with Gasteiger partial charge >= 0.3 is 0 Å². The van der Waals surface area contributed by atoms with Crippen molar-refractivity contribution >= 4 is 11.8 Å². The highest BCUT2D eigenvalue weighted by Crippen LogP contribution is 2.31. The molecule has 1 saturated heterocycles. The summed E-state index contributed by atoms with van der Waals surface area (Å²) in [6.07, 6.45) is 2.30. The third-order valence-electron chi connectivity index (χ3n) is 5.13. The summed E-state index contributed by atoms with van der Waals surface area (Å²) in [5.41, 5.74) is 1.06. The molecule has 1 atom stereocenters. The molecule has 1 unspecified atom stereocenters. The molecule has 0 aliphatic carbocycles. The Hall–Kier alpha value is -3.06. The maximum Gasteiger partial charge on any atom is 0.258 e. The van der Waals surface area contributed by atoms with Crippen molar-refractivity contribution in [3.63, 3.8) is 0 Å². The van der Waals surface area contributed by atoms with Crippen LogP contribution in [0.15, 0.2) is 54.6 Å². The van der Waals surface area contributed by atoms with Crippen molar-refractivity contribution in [2.24, 2.45) is 0 Å². The zero-order valence-electron chi connectivity index (χ0n) is 17.3. The number of para-hydroxylation sites is 2. The number of amides is 2. The fraction of sp³-hybridized carbons (Fsp3) is 0.391. The van der Waals surface area contributed by atoms with Gasteiger partial charge in [-0.3, -0.25) is 14.5 Å². The Kier molecular flexibility index (Phi) is 8.09. The van der Waals surface area contributed by atoms with Crippen molar-refractivity contribution in [1.29, 1.82) is 0 Å². The standard InChI is InChI=1S/C23H29N3O4/c1-29-21-12-6-5-11-19(21)20(26-13-7-8-14-26)15-24-22(27)16-25-23(28)17-30-18-9-3-2-4-10-18/h2-6,9-12,20H,7-8,13-17H2,1H3,(H,24,27)(H,25,28). The quantitative estimate of drug-likeness (QED) is 0.626. The van der Waals surface area contributed by atoms with Crippen LogP contribution in [0.25, 0.3) is 0 Å². The third kappa shape index (κ3) is 6.22. The van der Waals surface area contributed by atoms with E-state index in [1.54, 1.807) is 19.2 Å². The van der Waals surface area contributed by atoms with Gasteiger partial charge in [0.2, 0.25) is 5.91 Å². The SMILES string of the molecule is COc1ccccc1C(CNC(=O)CNC(=O)COc1ccccc1)N1CCCC1. The largest absolute Gasteiger partial charge is 0.496 e. The highest BCUT2D eigenvalue weighted by atomic mass is 16.5. The summed E-state index contributed by atoms with van der Waals surface area (Å²) < 4.78 is 10.9. The Balaban J connectivity index is 1.48. The molecule has 1 fully saturated rings. The minimum atomic E-state index is -0.338. The molecular weight excluding hydrogens is 382 g/mol. The van der Waals surface area contributed by atoms with Gasteiger partial charge in [0.25, 0.3) is 5.91 Å². The van der Waals surface area contributed by atoms with Gasteiger partial charge in [-0.2, -0.15) is 0 Å². The molecule has 7 heteroatoms. The first kappa shape index (κ1) is 21.6. The molecule has 1 aliphatic heterocycles. The minimum absolute atomic E-state index is 0.0321. The van der Waals surface area contributed by atoms with E-state index in [9.17, 15) is 9.59 Å². The second kappa shape index (κ2) is 11.2. The predicted octanol–water partition coefficient (Wildman–Crippen LogP) is 2.14. The number of hydrogen-bond acceptors (Lipinski definition) is 5. The number of nitrogens with zero attached hydrogens (tertiary/aromatic N) is 1. The average molecular weight is 412 g/mol. The molecule has 2 aromatic carbocycles. The molecule has 0 saturated carbocycles. The molecule has 2 N–H and O–H groups in total. The predicted molar refractivity (Wildman–Crippen MR) is 114 cm³/mol. The molecule has 0 spiro atoms. The zero-order valence-corrected chi connectivity index (χ0v) is 17.3. The van der Waals surface area contributed by atoms with E-state index in [-0.39, 0.29) is 31.0 Å². The van der Waals surface area contributed by atoms with Gasteiger partial charge < -0.3 is 20.1 Å². The van der Waals surface area contributed by atoms with E-state index in [4.69, 9.17) is 9.47 Å². The Morgan fingerprint density at radius 2 is 1.67 bits per heavy atom. The Bertz CT molecular complexity index is 822. The normalized spacial score (nSPS) is 14.7. The van der Waals surface area contributed by atoms with Crippen LogP contribution in [0.3, 0.4) is 0 Å². The van der Waals surface area contributed by atoms with Crippen molar-refractivity contribution in [3.05, 3.63) is 60.2 Å². The lowest BCUT2D eigenvalue weighted by Crippen LogP contribution is -2.42. The number of likely N-dealkylation sites (tertiary alicyclic amines) is 1. The van der Waals surface area contributed by atoms with Crippen LogP contribution in [0.2, 0.25) is 0 Å². The van der Waals surface area contributed by atoms with Crippen LogP contribution in [0.1, 0.15) is 24.4 Å². The third-order valence-corrected chi connectivity index (χ3v) is 5.13. The molecule has 3 rings (SSSR count). The van der Waals surface area contributed by atoms with Crippen molar-refractivity contribution < 1.29 is 19.1 Å². The van der Waals surface area contributed by atoms with Crippen LogP contribution < -0.4 is 20.1 Å². The van der Waals surface area contributed by atoms with Crippen molar-refractivity contribution in [2.45, 2.75) is 18.9 Å². The summed E-state index contributed by atoms with van der Waals surface area (Å²) in [5.74, 6) is 0.856. The van der Waals surface area contributed by atoms with Crippen LogP contribution in [0.5, 0.6) is 11.5 Å². The Morgan fingerprint density at radius 3 is 2.40 bits per heavy atom.